The first-order valence-electron chi connectivity index (χ1n) is 4.04. The van der Waals surface area contributed by atoms with E-state index in [1.165, 1.54) is 6.20 Å². The van der Waals surface area contributed by atoms with Crippen molar-refractivity contribution in [1.29, 1.82) is 0 Å². The number of aromatic nitrogens is 2. The predicted molar refractivity (Wildman–Crippen MR) is 47.3 cm³/mol. The van der Waals surface area contributed by atoms with E-state index in [-0.39, 0.29) is 11.7 Å². The first-order chi connectivity index (χ1) is 6.16. The minimum absolute atomic E-state index is 0.0269. The third-order valence-electron chi connectivity index (χ3n) is 1.96. The van der Waals surface area contributed by atoms with E-state index in [9.17, 15) is 10.1 Å². The van der Waals surface area contributed by atoms with Crippen LogP contribution in [0.25, 0.3) is 0 Å². The van der Waals surface area contributed by atoms with E-state index in [4.69, 9.17) is 5.73 Å². The number of nitro groups is 1. The Morgan fingerprint density at radius 3 is 3.08 bits per heavy atom. The predicted octanol–water partition coefficient (Wildman–Crippen LogP) is 0.770. The summed E-state index contributed by atoms with van der Waals surface area (Å²) in [4.78, 5) is 10.0. The summed E-state index contributed by atoms with van der Waals surface area (Å²) < 4.78 is 0. The van der Waals surface area contributed by atoms with Gasteiger partial charge in [-0.3, -0.25) is 0 Å². The van der Waals surface area contributed by atoms with Crippen LogP contribution in [0.3, 0.4) is 0 Å². The van der Waals surface area contributed by atoms with Crippen LogP contribution < -0.4 is 5.73 Å². The van der Waals surface area contributed by atoms with Crippen molar-refractivity contribution in [2.24, 2.45) is 5.73 Å². The molecular weight excluding hydrogens is 172 g/mol. The Kier molecular flexibility index (Phi) is 2.97. The molecule has 0 amide bonds. The average molecular weight is 184 g/mol. The quantitative estimate of drug-likeness (QED) is 0.533. The molecule has 1 atom stereocenters. The lowest BCUT2D eigenvalue weighted by atomic mass is 10.0. The Bertz CT molecular complexity index is 296. The summed E-state index contributed by atoms with van der Waals surface area (Å²) in [6, 6.07) is 0. The number of aromatic amines is 1. The van der Waals surface area contributed by atoms with Gasteiger partial charge in [0.2, 0.25) is 0 Å². The fourth-order valence-electron chi connectivity index (χ4n) is 1.20. The van der Waals surface area contributed by atoms with Gasteiger partial charge in [0.05, 0.1) is 11.8 Å². The summed E-state index contributed by atoms with van der Waals surface area (Å²) >= 11 is 0. The number of rotatable bonds is 4. The first-order valence-corrected chi connectivity index (χ1v) is 4.04. The number of hydrogen-bond donors (Lipinski definition) is 2. The van der Waals surface area contributed by atoms with Crippen molar-refractivity contribution >= 4 is 5.82 Å². The highest BCUT2D eigenvalue weighted by molar-refractivity contribution is 5.32. The van der Waals surface area contributed by atoms with Gasteiger partial charge in [0.25, 0.3) is 0 Å². The van der Waals surface area contributed by atoms with E-state index in [2.05, 4.69) is 10.2 Å². The van der Waals surface area contributed by atoms with Crippen LogP contribution in [0.4, 0.5) is 5.82 Å². The molecule has 0 aliphatic heterocycles. The molecule has 0 aliphatic carbocycles. The fraction of sp³-hybridized carbons (Fsp3) is 0.571. The van der Waals surface area contributed by atoms with Crippen LogP contribution in [0.5, 0.6) is 0 Å². The van der Waals surface area contributed by atoms with Crippen molar-refractivity contribution in [2.75, 3.05) is 6.54 Å². The van der Waals surface area contributed by atoms with Crippen LogP contribution in [0.1, 0.15) is 24.8 Å². The molecule has 0 radical (unpaired) electrons. The molecule has 0 saturated heterocycles. The topological polar surface area (TPSA) is 97.8 Å². The zero-order valence-electron chi connectivity index (χ0n) is 7.36. The van der Waals surface area contributed by atoms with Gasteiger partial charge in [-0.15, -0.1) is 5.10 Å². The molecule has 72 valence electrons. The zero-order valence-corrected chi connectivity index (χ0v) is 7.36. The van der Waals surface area contributed by atoms with E-state index >= 15 is 0 Å². The molecule has 0 bridgehead atoms. The van der Waals surface area contributed by atoms with Gasteiger partial charge in [-0.25, -0.2) is 0 Å². The highest BCUT2D eigenvalue weighted by Gasteiger charge is 2.19. The molecule has 1 rings (SSSR count). The molecule has 13 heavy (non-hydrogen) atoms. The van der Waals surface area contributed by atoms with Crippen LogP contribution in [-0.4, -0.2) is 21.7 Å². The third-order valence-corrected chi connectivity index (χ3v) is 1.96. The van der Waals surface area contributed by atoms with Crippen molar-refractivity contribution in [3.8, 4) is 0 Å². The highest BCUT2D eigenvalue weighted by Crippen LogP contribution is 2.25. The van der Waals surface area contributed by atoms with Gasteiger partial charge in [0.1, 0.15) is 0 Å². The van der Waals surface area contributed by atoms with Crippen molar-refractivity contribution in [2.45, 2.75) is 19.3 Å². The Balaban J connectivity index is 2.86. The van der Waals surface area contributed by atoms with Gasteiger partial charge in [-0.05, 0) is 23.8 Å². The zero-order chi connectivity index (χ0) is 9.84. The van der Waals surface area contributed by atoms with Crippen molar-refractivity contribution in [1.82, 2.24) is 10.2 Å². The summed E-state index contributed by atoms with van der Waals surface area (Å²) in [7, 11) is 0. The molecule has 0 spiro atoms. The summed E-state index contributed by atoms with van der Waals surface area (Å²) in [5.41, 5.74) is 5.98. The maximum absolute atomic E-state index is 10.5. The van der Waals surface area contributed by atoms with Crippen LogP contribution in [0.15, 0.2) is 6.20 Å². The number of nitrogens with zero attached hydrogens (tertiary/aromatic N) is 2. The normalized spacial score (nSPS) is 12.8. The molecule has 0 saturated carbocycles. The van der Waals surface area contributed by atoms with Gasteiger partial charge in [-0.2, -0.15) is 0 Å². The van der Waals surface area contributed by atoms with E-state index in [1.54, 1.807) is 0 Å². The lowest BCUT2D eigenvalue weighted by molar-refractivity contribution is -0.390. The molecule has 1 aromatic heterocycles. The fourth-order valence-corrected chi connectivity index (χ4v) is 1.20. The lowest BCUT2D eigenvalue weighted by Gasteiger charge is -2.05. The summed E-state index contributed by atoms with van der Waals surface area (Å²) in [6.07, 6.45) is 2.21. The Morgan fingerprint density at radius 2 is 2.54 bits per heavy atom. The van der Waals surface area contributed by atoms with Crippen LogP contribution in [-0.2, 0) is 0 Å². The monoisotopic (exact) mass is 184 g/mol. The second-order valence-corrected chi connectivity index (χ2v) is 2.91. The highest BCUT2D eigenvalue weighted by atomic mass is 16.6. The van der Waals surface area contributed by atoms with Gasteiger partial charge in [0, 0.05) is 0 Å². The second-order valence-electron chi connectivity index (χ2n) is 2.91. The molecule has 3 N–H and O–H groups in total. The minimum atomic E-state index is -0.463. The van der Waals surface area contributed by atoms with Gasteiger partial charge in [0.15, 0.2) is 0 Å². The average Bonchev–Trinajstić information content (AvgIpc) is 2.52. The number of nitrogens with one attached hydrogen (secondary N) is 1. The van der Waals surface area contributed by atoms with E-state index in [1.807, 2.05) is 6.92 Å². The van der Waals surface area contributed by atoms with Crippen LogP contribution in [0.2, 0.25) is 0 Å². The number of hydrogen-bond acceptors (Lipinski definition) is 4. The number of H-pyrrole nitrogens is 1. The summed E-state index contributed by atoms with van der Waals surface area (Å²) in [5, 5.41) is 16.5. The van der Waals surface area contributed by atoms with E-state index in [0.717, 1.165) is 6.42 Å². The Morgan fingerprint density at radius 1 is 1.85 bits per heavy atom. The van der Waals surface area contributed by atoms with E-state index < -0.39 is 4.92 Å². The van der Waals surface area contributed by atoms with Crippen molar-refractivity contribution in [3.05, 3.63) is 21.9 Å². The summed E-state index contributed by atoms with van der Waals surface area (Å²) in [5.74, 6) is 0.0464. The van der Waals surface area contributed by atoms with Crippen molar-refractivity contribution in [3.63, 3.8) is 0 Å². The SMILES string of the molecule is CC(CCN)c1cn[nH]c1[N+](=O)[O-]. The summed E-state index contributed by atoms with van der Waals surface area (Å²) in [6.45, 7) is 2.41. The third kappa shape index (κ3) is 2.03. The second kappa shape index (κ2) is 3.99. The Hall–Kier alpha value is -1.43. The maximum atomic E-state index is 10.5. The molecule has 1 aromatic rings. The van der Waals surface area contributed by atoms with Crippen LogP contribution in [0, 0.1) is 10.1 Å². The molecule has 0 fully saturated rings. The smallest absolute Gasteiger partial charge is 0.346 e. The number of nitrogens with two attached hydrogens (primary N) is 1. The largest absolute Gasteiger partial charge is 0.358 e. The first kappa shape index (κ1) is 9.66. The Labute approximate surface area is 75.3 Å². The van der Waals surface area contributed by atoms with E-state index in [0.29, 0.717) is 12.1 Å². The van der Waals surface area contributed by atoms with Gasteiger partial charge >= 0.3 is 5.82 Å². The van der Waals surface area contributed by atoms with Crippen LogP contribution >= 0.6 is 0 Å². The molecule has 6 nitrogen and oxygen atoms in total. The minimum Gasteiger partial charge on any atom is -0.358 e. The molecule has 6 heteroatoms. The standard InChI is InChI=1S/C7H12N4O2/c1-5(2-3-8)6-4-9-10-7(6)11(12)13/h4-5H,2-3,8H2,1H3,(H,9,10). The maximum Gasteiger partial charge on any atom is 0.346 e. The van der Waals surface area contributed by atoms with Crippen molar-refractivity contribution < 1.29 is 4.92 Å². The molecule has 1 unspecified atom stereocenters. The molecular formula is C7H12N4O2. The molecule has 0 aliphatic rings. The van der Waals surface area contributed by atoms with Gasteiger partial charge < -0.3 is 15.8 Å². The molecule has 0 aromatic carbocycles. The van der Waals surface area contributed by atoms with Gasteiger partial charge in [-0.1, -0.05) is 12.0 Å². The molecule has 1 heterocycles. The lowest BCUT2D eigenvalue weighted by Crippen LogP contribution is -2.05.